The van der Waals surface area contributed by atoms with Crippen LogP contribution in [0.4, 0.5) is 0 Å². The molecule has 0 aliphatic carbocycles. The van der Waals surface area contributed by atoms with E-state index in [-0.39, 0.29) is 5.91 Å². The van der Waals surface area contributed by atoms with E-state index in [0.29, 0.717) is 12.5 Å². The Labute approximate surface area is 119 Å². The van der Waals surface area contributed by atoms with E-state index in [0.717, 1.165) is 24.1 Å². The average molecular weight is 271 g/mol. The SMILES string of the molecule is CCc1ccccc1C(=O)NCC(C)Cn1cccn1. The molecule has 1 heterocycles. The molecule has 0 saturated heterocycles. The smallest absolute Gasteiger partial charge is 0.251 e. The normalized spacial score (nSPS) is 12.1. The number of nitrogens with zero attached hydrogens (tertiary/aromatic N) is 2. The fourth-order valence-electron chi connectivity index (χ4n) is 2.20. The van der Waals surface area contributed by atoms with Crippen molar-refractivity contribution in [3.8, 4) is 0 Å². The summed E-state index contributed by atoms with van der Waals surface area (Å²) in [6.45, 7) is 5.62. The van der Waals surface area contributed by atoms with E-state index in [4.69, 9.17) is 0 Å². The van der Waals surface area contributed by atoms with Gasteiger partial charge in [0.1, 0.15) is 0 Å². The van der Waals surface area contributed by atoms with E-state index in [1.807, 2.05) is 41.2 Å². The summed E-state index contributed by atoms with van der Waals surface area (Å²) in [6.07, 6.45) is 4.57. The third kappa shape index (κ3) is 3.70. The second kappa shape index (κ2) is 6.89. The van der Waals surface area contributed by atoms with Crippen LogP contribution < -0.4 is 5.32 Å². The standard InChI is InChI=1S/C16H21N3O/c1-3-14-7-4-5-8-15(14)16(20)17-11-13(2)12-19-10-6-9-18-19/h4-10,13H,3,11-12H2,1-2H3,(H,17,20). The van der Waals surface area contributed by atoms with Crippen LogP contribution >= 0.6 is 0 Å². The number of carbonyl (C=O) groups excluding carboxylic acids is 1. The van der Waals surface area contributed by atoms with Crippen molar-refractivity contribution < 1.29 is 4.79 Å². The van der Waals surface area contributed by atoms with E-state index in [1.165, 1.54) is 0 Å². The number of aryl methyl sites for hydroxylation is 1. The quantitative estimate of drug-likeness (QED) is 0.877. The third-order valence-electron chi connectivity index (χ3n) is 3.31. The Bertz CT molecular complexity index is 549. The molecule has 2 rings (SSSR count). The Morgan fingerprint density at radius 1 is 1.35 bits per heavy atom. The minimum absolute atomic E-state index is 0.00904. The Hall–Kier alpha value is -2.10. The van der Waals surface area contributed by atoms with Gasteiger partial charge < -0.3 is 5.32 Å². The number of rotatable bonds is 6. The third-order valence-corrected chi connectivity index (χ3v) is 3.31. The Balaban J connectivity index is 1.88. The van der Waals surface area contributed by atoms with Crippen molar-refractivity contribution in [1.29, 1.82) is 0 Å². The zero-order valence-corrected chi connectivity index (χ0v) is 12.0. The van der Waals surface area contributed by atoms with Crippen molar-refractivity contribution in [1.82, 2.24) is 15.1 Å². The highest BCUT2D eigenvalue weighted by Gasteiger charge is 2.11. The van der Waals surface area contributed by atoms with Crippen LogP contribution in [-0.2, 0) is 13.0 Å². The summed E-state index contributed by atoms with van der Waals surface area (Å²) in [5.74, 6) is 0.349. The lowest BCUT2D eigenvalue weighted by Crippen LogP contribution is -2.30. The summed E-state index contributed by atoms with van der Waals surface area (Å²) in [5.41, 5.74) is 1.87. The van der Waals surface area contributed by atoms with Crippen molar-refractivity contribution in [2.75, 3.05) is 6.54 Å². The van der Waals surface area contributed by atoms with Crippen LogP contribution in [0.15, 0.2) is 42.7 Å². The first kappa shape index (κ1) is 14.3. The summed E-state index contributed by atoms with van der Waals surface area (Å²) >= 11 is 0. The molecule has 0 saturated carbocycles. The zero-order valence-electron chi connectivity index (χ0n) is 12.0. The molecule has 1 amide bonds. The zero-order chi connectivity index (χ0) is 14.4. The van der Waals surface area contributed by atoms with E-state index < -0.39 is 0 Å². The van der Waals surface area contributed by atoms with E-state index in [9.17, 15) is 4.79 Å². The number of hydrogen-bond donors (Lipinski definition) is 1. The highest BCUT2D eigenvalue weighted by Crippen LogP contribution is 2.09. The summed E-state index contributed by atoms with van der Waals surface area (Å²) < 4.78 is 1.89. The van der Waals surface area contributed by atoms with E-state index in [1.54, 1.807) is 6.20 Å². The molecule has 0 bridgehead atoms. The average Bonchev–Trinajstić information content (AvgIpc) is 2.97. The van der Waals surface area contributed by atoms with Gasteiger partial charge in [-0.15, -0.1) is 0 Å². The summed E-state index contributed by atoms with van der Waals surface area (Å²) in [7, 11) is 0. The van der Waals surface area contributed by atoms with Gasteiger partial charge in [0.05, 0.1) is 0 Å². The first-order valence-electron chi connectivity index (χ1n) is 7.04. The number of benzene rings is 1. The fraction of sp³-hybridized carbons (Fsp3) is 0.375. The molecule has 1 aromatic carbocycles. The molecule has 0 aliphatic heterocycles. The highest BCUT2D eigenvalue weighted by molar-refractivity contribution is 5.95. The molecular weight excluding hydrogens is 250 g/mol. The number of hydrogen-bond acceptors (Lipinski definition) is 2. The summed E-state index contributed by atoms with van der Waals surface area (Å²) in [5, 5.41) is 7.18. The molecule has 106 valence electrons. The van der Waals surface area contributed by atoms with Gasteiger partial charge in [-0.3, -0.25) is 9.48 Å². The lowest BCUT2D eigenvalue weighted by molar-refractivity contribution is 0.0945. The van der Waals surface area contributed by atoms with Gasteiger partial charge in [0, 0.05) is 31.0 Å². The van der Waals surface area contributed by atoms with Crippen molar-refractivity contribution in [3.05, 3.63) is 53.9 Å². The van der Waals surface area contributed by atoms with Crippen LogP contribution in [0.2, 0.25) is 0 Å². The van der Waals surface area contributed by atoms with Gasteiger partial charge >= 0.3 is 0 Å². The van der Waals surface area contributed by atoms with Gasteiger partial charge in [-0.2, -0.15) is 5.10 Å². The number of amides is 1. The maximum atomic E-state index is 12.2. The van der Waals surface area contributed by atoms with Crippen LogP contribution in [0.25, 0.3) is 0 Å². The second-order valence-corrected chi connectivity index (χ2v) is 5.05. The minimum atomic E-state index is 0.00904. The summed E-state index contributed by atoms with van der Waals surface area (Å²) in [4.78, 5) is 12.2. The van der Waals surface area contributed by atoms with Gasteiger partial charge in [0.15, 0.2) is 0 Å². The number of aromatic nitrogens is 2. The molecule has 0 aliphatic rings. The second-order valence-electron chi connectivity index (χ2n) is 5.05. The lowest BCUT2D eigenvalue weighted by atomic mass is 10.0. The molecule has 0 spiro atoms. The number of nitrogens with one attached hydrogen (secondary N) is 1. The van der Waals surface area contributed by atoms with Gasteiger partial charge in [-0.05, 0) is 30.0 Å². The highest BCUT2D eigenvalue weighted by atomic mass is 16.1. The van der Waals surface area contributed by atoms with Crippen LogP contribution in [0.5, 0.6) is 0 Å². The molecule has 1 N–H and O–H groups in total. The van der Waals surface area contributed by atoms with Gasteiger partial charge in [-0.1, -0.05) is 32.0 Å². The molecule has 1 unspecified atom stereocenters. The molecule has 1 aromatic heterocycles. The van der Waals surface area contributed by atoms with E-state index in [2.05, 4.69) is 24.3 Å². The summed E-state index contributed by atoms with van der Waals surface area (Å²) in [6, 6.07) is 9.66. The topological polar surface area (TPSA) is 46.9 Å². The Kier molecular flexibility index (Phi) is 4.93. The predicted molar refractivity (Wildman–Crippen MR) is 79.5 cm³/mol. The van der Waals surface area contributed by atoms with Gasteiger partial charge in [0.25, 0.3) is 5.91 Å². The van der Waals surface area contributed by atoms with Crippen LogP contribution in [-0.4, -0.2) is 22.2 Å². The monoisotopic (exact) mass is 271 g/mol. The molecule has 2 aromatic rings. The van der Waals surface area contributed by atoms with Crippen molar-refractivity contribution in [2.24, 2.45) is 5.92 Å². The predicted octanol–water partition coefficient (Wildman–Crippen LogP) is 2.51. The molecule has 4 nitrogen and oxygen atoms in total. The van der Waals surface area contributed by atoms with Crippen molar-refractivity contribution in [3.63, 3.8) is 0 Å². The fourth-order valence-corrected chi connectivity index (χ4v) is 2.20. The van der Waals surface area contributed by atoms with Gasteiger partial charge in [-0.25, -0.2) is 0 Å². The first-order chi connectivity index (χ1) is 9.70. The molecule has 20 heavy (non-hydrogen) atoms. The van der Waals surface area contributed by atoms with Crippen molar-refractivity contribution >= 4 is 5.91 Å². The minimum Gasteiger partial charge on any atom is -0.352 e. The van der Waals surface area contributed by atoms with E-state index >= 15 is 0 Å². The van der Waals surface area contributed by atoms with Crippen LogP contribution in [0.1, 0.15) is 29.8 Å². The Morgan fingerprint density at radius 3 is 2.85 bits per heavy atom. The Morgan fingerprint density at radius 2 is 2.15 bits per heavy atom. The molecule has 0 fully saturated rings. The van der Waals surface area contributed by atoms with Crippen LogP contribution in [0, 0.1) is 5.92 Å². The first-order valence-corrected chi connectivity index (χ1v) is 7.04. The van der Waals surface area contributed by atoms with Crippen LogP contribution in [0.3, 0.4) is 0 Å². The largest absolute Gasteiger partial charge is 0.352 e. The molecule has 0 radical (unpaired) electrons. The maximum Gasteiger partial charge on any atom is 0.251 e. The molecule has 1 atom stereocenters. The maximum absolute atomic E-state index is 12.2. The lowest BCUT2D eigenvalue weighted by Gasteiger charge is -2.14. The van der Waals surface area contributed by atoms with Crippen molar-refractivity contribution in [2.45, 2.75) is 26.8 Å². The molecule has 4 heteroatoms. The molecular formula is C16H21N3O. The number of carbonyl (C=O) groups is 1. The van der Waals surface area contributed by atoms with Gasteiger partial charge in [0.2, 0.25) is 0 Å².